The Morgan fingerprint density at radius 2 is 1.78 bits per heavy atom. The summed E-state index contributed by atoms with van der Waals surface area (Å²) >= 11 is 0. The molecule has 0 saturated heterocycles. The Bertz CT molecular complexity index is 1360. The number of rotatable bonds is 3. The van der Waals surface area contributed by atoms with Crippen LogP contribution in [0, 0.1) is 18.3 Å². The summed E-state index contributed by atoms with van der Waals surface area (Å²) in [5.41, 5.74) is 4.35. The molecule has 3 heterocycles. The highest BCUT2D eigenvalue weighted by Gasteiger charge is 2.35. The molecule has 7 nitrogen and oxygen atoms in total. The summed E-state index contributed by atoms with van der Waals surface area (Å²) in [6.45, 7) is 2.15. The van der Waals surface area contributed by atoms with Gasteiger partial charge in [-0.1, -0.05) is 24.3 Å². The highest BCUT2D eigenvalue weighted by molar-refractivity contribution is 6.33. The van der Waals surface area contributed by atoms with E-state index in [4.69, 9.17) is 9.47 Å². The highest BCUT2D eigenvalue weighted by atomic mass is 16.7. The zero-order chi connectivity index (χ0) is 22.4. The molecule has 0 bridgehead atoms. The Morgan fingerprint density at radius 1 is 1.03 bits per heavy atom. The van der Waals surface area contributed by atoms with Crippen LogP contribution in [0.4, 0.5) is 0 Å². The van der Waals surface area contributed by atoms with Crippen molar-refractivity contribution in [2.75, 3.05) is 6.79 Å². The van der Waals surface area contributed by atoms with Crippen molar-refractivity contribution in [2.24, 2.45) is 7.05 Å². The molecule has 2 aromatic carbocycles. The summed E-state index contributed by atoms with van der Waals surface area (Å²) < 4.78 is 12.5. The predicted molar refractivity (Wildman–Crippen MR) is 117 cm³/mol. The number of nitrogens with zero attached hydrogens (tertiary/aromatic N) is 3. The number of aromatic nitrogens is 1. The lowest BCUT2D eigenvalue weighted by Gasteiger charge is -2.28. The first kappa shape index (κ1) is 19.6. The van der Waals surface area contributed by atoms with E-state index < -0.39 is 0 Å². The van der Waals surface area contributed by atoms with Crippen molar-refractivity contribution in [2.45, 2.75) is 13.5 Å². The van der Waals surface area contributed by atoms with Crippen molar-refractivity contribution in [3.63, 3.8) is 0 Å². The molecule has 0 unspecified atom stereocenters. The molecular weight excluding hydrogens is 406 g/mol. The monoisotopic (exact) mass is 425 g/mol. The van der Waals surface area contributed by atoms with E-state index in [1.807, 2.05) is 20.0 Å². The summed E-state index contributed by atoms with van der Waals surface area (Å²) in [6.07, 6.45) is 1.76. The largest absolute Gasteiger partial charge is 0.454 e. The minimum Gasteiger partial charge on any atom is -0.454 e. The molecule has 2 aliphatic rings. The lowest BCUT2D eigenvalue weighted by atomic mass is 9.91. The summed E-state index contributed by atoms with van der Waals surface area (Å²) in [5.74, 6) is 0.513. The number of fused-ring (bicyclic) bond motifs is 2. The molecule has 0 aliphatic carbocycles. The Hall–Kier alpha value is -4.31. The number of carbonyl (C=O) groups is 2. The third kappa shape index (κ3) is 3.05. The molecule has 1 aromatic heterocycles. The standard InChI is InChI=1S/C25H19N3O4/c1-15-17(10-18(12-26)27(15)2)11-21-19-5-3-4-6-20(19)24(29)28(25(21)30)13-16-7-8-22-23(9-16)32-14-31-22/h3-11H,13-14H2,1-2H3/b21-11-. The van der Waals surface area contributed by atoms with Crippen molar-refractivity contribution in [3.05, 3.63) is 82.2 Å². The molecule has 0 radical (unpaired) electrons. The van der Waals surface area contributed by atoms with Crippen LogP contribution in [-0.2, 0) is 18.4 Å². The van der Waals surface area contributed by atoms with E-state index >= 15 is 0 Å². The molecule has 7 heteroatoms. The number of nitriles is 1. The Balaban J connectivity index is 1.58. The number of carbonyl (C=O) groups excluding carboxylic acids is 2. The van der Waals surface area contributed by atoms with Gasteiger partial charge in [-0.25, -0.2) is 0 Å². The van der Waals surface area contributed by atoms with Gasteiger partial charge >= 0.3 is 0 Å². The average molecular weight is 425 g/mol. The summed E-state index contributed by atoms with van der Waals surface area (Å²) in [4.78, 5) is 28.0. The fraction of sp³-hybridized carbons (Fsp3) is 0.160. The first-order chi connectivity index (χ1) is 15.5. The molecule has 158 valence electrons. The normalized spacial score (nSPS) is 15.8. The second-order valence-electron chi connectivity index (χ2n) is 7.73. The minimum atomic E-state index is -0.381. The predicted octanol–water partition coefficient (Wildman–Crippen LogP) is 3.66. The highest BCUT2D eigenvalue weighted by Crippen LogP contribution is 2.35. The van der Waals surface area contributed by atoms with Crippen LogP contribution in [0.3, 0.4) is 0 Å². The first-order valence-corrected chi connectivity index (χ1v) is 10.1. The van der Waals surface area contributed by atoms with Gasteiger partial charge in [-0.3, -0.25) is 14.5 Å². The van der Waals surface area contributed by atoms with Crippen molar-refractivity contribution >= 4 is 23.5 Å². The average Bonchev–Trinajstić information content (AvgIpc) is 3.38. The second kappa shape index (κ2) is 7.43. The van der Waals surface area contributed by atoms with Gasteiger partial charge in [0.15, 0.2) is 11.5 Å². The molecule has 2 aliphatic heterocycles. The van der Waals surface area contributed by atoms with Gasteiger partial charge in [0.1, 0.15) is 11.8 Å². The number of hydrogen-bond acceptors (Lipinski definition) is 5. The Kier molecular flexibility index (Phi) is 4.56. The van der Waals surface area contributed by atoms with E-state index in [0.717, 1.165) is 16.8 Å². The van der Waals surface area contributed by atoms with Crippen LogP contribution in [0.1, 0.15) is 38.4 Å². The van der Waals surface area contributed by atoms with Crippen LogP contribution >= 0.6 is 0 Å². The van der Waals surface area contributed by atoms with Crippen molar-refractivity contribution < 1.29 is 19.1 Å². The molecule has 0 N–H and O–H groups in total. The van der Waals surface area contributed by atoms with Crippen LogP contribution in [0.5, 0.6) is 11.5 Å². The van der Waals surface area contributed by atoms with Crippen LogP contribution < -0.4 is 9.47 Å². The van der Waals surface area contributed by atoms with Gasteiger partial charge in [-0.05, 0) is 54.0 Å². The van der Waals surface area contributed by atoms with Gasteiger partial charge in [0.2, 0.25) is 6.79 Å². The Morgan fingerprint density at radius 3 is 2.53 bits per heavy atom. The van der Waals surface area contributed by atoms with Crippen molar-refractivity contribution in [1.82, 2.24) is 9.47 Å². The summed E-state index contributed by atoms with van der Waals surface area (Å²) in [5, 5.41) is 9.35. The lowest BCUT2D eigenvalue weighted by molar-refractivity contribution is -0.123. The van der Waals surface area contributed by atoms with Gasteiger partial charge in [-0.15, -0.1) is 0 Å². The van der Waals surface area contributed by atoms with E-state index in [2.05, 4.69) is 6.07 Å². The fourth-order valence-corrected chi connectivity index (χ4v) is 4.04. The maximum Gasteiger partial charge on any atom is 0.261 e. The zero-order valence-corrected chi connectivity index (χ0v) is 17.6. The van der Waals surface area contributed by atoms with Gasteiger partial charge in [0.25, 0.3) is 11.8 Å². The third-order valence-electron chi connectivity index (χ3n) is 5.93. The molecule has 2 amide bonds. The van der Waals surface area contributed by atoms with Gasteiger partial charge in [-0.2, -0.15) is 5.26 Å². The molecular formula is C25H19N3O4. The number of amides is 2. The van der Waals surface area contributed by atoms with E-state index in [1.54, 1.807) is 53.1 Å². The fourth-order valence-electron chi connectivity index (χ4n) is 4.04. The van der Waals surface area contributed by atoms with Crippen LogP contribution in [0.25, 0.3) is 11.6 Å². The molecule has 32 heavy (non-hydrogen) atoms. The van der Waals surface area contributed by atoms with Gasteiger partial charge in [0, 0.05) is 23.9 Å². The van der Waals surface area contributed by atoms with Crippen LogP contribution in [-0.4, -0.2) is 28.1 Å². The maximum absolute atomic E-state index is 13.5. The van der Waals surface area contributed by atoms with Crippen LogP contribution in [0.15, 0.2) is 48.5 Å². The third-order valence-corrected chi connectivity index (χ3v) is 5.93. The number of imide groups is 1. The molecule has 5 rings (SSSR count). The van der Waals surface area contributed by atoms with E-state index in [9.17, 15) is 14.9 Å². The van der Waals surface area contributed by atoms with Crippen LogP contribution in [0.2, 0.25) is 0 Å². The van der Waals surface area contributed by atoms with E-state index in [0.29, 0.717) is 33.9 Å². The smallest absolute Gasteiger partial charge is 0.261 e. The maximum atomic E-state index is 13.5. The van der Waals surface area contributed by atoms with Gasteiger partial charge in [0.05, 0.1) is 6.54 Å². The zero-order valence-electron chi connectivity index (χ0n) is 17.6. The van der Waals surface area contributed by atoms with Crippen molar-refractivity contribution in [1.29, 1.82) is 5.26 Å². The van der Waals surface area contributed by atoms with Gasteiger partial charge < -0.3 is 14.0 Å². The van der Waals surface area contributed by atoms with Crippen molar-refractivity contribution in [3.8, 4) is 17.6 Å². The molecule has 3 aromatic rings. The molecule has 0 atom stereocenters. The number of hydrogen-bond donors (Lipinski definition) is 0. The summed E-state index contributed by atoms with van der Waals surface area (Å²) in [6, 6.07) is 16.4. The first-order valence-electron chi connectivity index (χ1n) is 10.1. The SMILES string of the molecule is Cc1c(/C=C2\C(=O)N(Cc3ccc4c(c3)OCO4)C(=O)c3ccccc32)cc(C#N)n1C. The molecule has 0 spiro atoms. The molecule has 0 fully saturated rings. The quantitative estimate of drug-likeness (QED) is 0.472. The number of benzene rings is 2. The second-order valence-corrected chi connectivity index (χ2v) is 7.73. The summed E-state index contributed by atoms with van der Waals surface area (Å²) in [7, 11) is 1.81. The minimum absolute atomic E-state index is 0.108. The Labute approximate surface area is 184 Å². The lowest BCUT2D eigenvalue weighted by Crippen LogP contribution is -2.41. The van der Waals surface area contributed by atoms with E-state index in [-0.39, 0.29) is 25.2 Å². The van der Waals surface area contributed by atoms with E-state index in [1.165, 1.54) is 4.90 Å². The molecule has 0 saturated carbocycles. The number of ether oxygens (including phenoxy) is 2. The topological polar surface area (TPSA) is 84.6 Å².